The Morgan fingerprint density at radius 3 is 2.46 bits per heavy atom. The number of piperidine rings is 1. The topological polar surface area (TPSA) is 55.8 Å². The summed E-state index contributed by atoms with van der Waals surface area (Å²) < 4.78 is 39.8. The van der Waals surface area contributed by atoms with Gasteiger partial charge in [0.05, 0.1) is 11.3 Å². The minimum absolute atomic E-state index is 0.0691. The maximum atomic E-state index is 13.3. The smallest absolute Gasteiger partial charge is 0.396 e. The number of benzene rings is 1. The standard InChI is InChI=1S/C16H22F3N3O2/c1-21(2)12-3-4-14(13(9-12)16(17,18)19)20-15(24)22-7-5-11(10-23)6-8-22/h3-4,9,11,23H,5-8,10H2,1-2H3,(H,20,24). The van der Waals surface area contributed by atoms with Crippen molar-refractivity contribution in [2.75, 3.05) is 44.0 Å². The van der Waals surface area contributed by atoms with Crippen molar-refractivity contribution in [3.8, 4) is 0 Å². The molecule has 1 aromatic rings. The van der Waals surface area contributed by atoms with Crippen LogP contribution in [-0.2, 0) is 6.18 Å². The first-order chi connectivity index (χ1) is 11.2. The Hall–Kier alpha value is -1.96. The predicted molar refractivity (Wildman–Crippen MR) is 86.2 cm³/mol. The summed E-state index contributed by atoms with van der Waals surface area (Å²) >= 11 is 0. The Balaban J connectivity index is 2.15. The van der Waals surface area contributed by atoms with Crippen LogP contribution in [0, 0.1) is 5.92 Å². The Morgan fingerprint density at radius 1 is 1.33 bits per heavy atom. The van der Waals surface area contributed by atoms with E-state index in [-0.39, 0.29) is 18.2 Å². The fraction of sp³-hybridized carbons (Fsp3) is 0.562. The van der Waals surface area contributed by atoms with Gasteiger partial charge in [-0.2, -0.15) is 13.2 Å². The summed E-state index contributed by atoms with van der Waals surface area (Å²) in [7, 11) is 3.30. The van der Waals surface area contributed by atoms with Crippen molar-refractivity contribution in [1.82, 2.24) is 4.90 Å². The largest absolute Gasteiger partial charge is 0.418 e. The third kappa shape index (κ3) is 4.31. The van der Waals surface area contributed by atoms with Crippen LogP contribution in [0.15, 0.2) is 18.2 Å². The van der Waals surface area contributed by atoms with Gasteiger partial charge in [0, 0.05) is 39.5 Å². The van der Waals surface area contributed by atoms with Gasteiger partial charge in [-0.15, -0.1) is 0 Å². The Kier molecular flexibility index (Phi) is 5.58. The van der Waals surface area contributed by atoms with E-state index >= 15 is 0 Å². The van der Waals surface area contributed by atoms with Gasteiger partial charge in [0.2, 0.25) is 0 Å². The maximum Gasteiger partial charge on any atom is 0.418 e. The number of amides is 2. The van der Waals surface area contributed by atoms with Gasteiger partial charge in [-0.1, -0.05) is 0 Å². The highest BCUT2D eigenvalue weighted by Crippen LogP contribution is 2.37. The van der Waals surface area contributed by atoms with Gasteiger partial charge in [0.1, 0.15) is 0 Å². The number of hydrogen-bond donors (Lipinski definition) is 2. The van der Waals surface area contributed by atoms with Crippen LogP contribution in [0.5, 0.6) is 0 Å². The fourth-order valence-corrected chi connectivity index (χ4v) is 2.67. The van der Waals surface area contributed by atoms with Crippen LogP contribution in [0.2, 0.25) is 0 Å². The lowest BCUT2D eigenvalue weighted by Crippen LogP contribution is -2.41. The van der Waals surface area contributed by atoms with Gasteiger partial charge in [-0.3, -0.25) is 0 Å². The lowest BCUT2D eigenvalue weighted by Gasteiger charge is -2.31. The Bertz CT molecular complexity index is 582. The molecule has 1 aromatic carbocycles. The van der Waals surface area contributed by atoms with Crippen molar-refractivity contribution in [3.05, 3.63) is 23.8 Å². The summed E-state index contributed by atoms with van der Waals surface area (Å²) in [4.78, 5) is 15.3. The Labute approximate surface area is 139 Å². The van der Waals surface area contributed by atoms with Crippen molar-refractivity contribution < 1.29 is 23.1 Å². The number of hydrogen-bond acceptors (Lipinski definition) is 3. The number of likely N-dealkylation sites (tertiary alicyclic amines) is 1. The Morgan fingerprint density at radius 2 is 1.96 bits per heavy atom. The van der Waals surface area contributed by atoms with Crippen molar-refractivity contribution in [1.29, 1.82) is 0 Å². The normalized spacial score (nSPS) is 16.2. The molecule has 0 aromatic heterocycles. The molecule has 5 nitrogen and oxygen atoms in total. The van der Waals surface area contributed by atoms with Crippen molar-refractivity contribution >= 4 is 17.4 Å². The molecule has 24 heavy (non-hydrogen) atoms. The molecular formula is C16H22F3N3O2. The lowest BCUT2D eigenvalue weighted by molar-refractivity contribution is -0.136. The van der Waals surface area contributed by atoms with Crippen LogP contribution < -0.4 is 10.2 Å². The zero-order valence-corrected chi connectivity index (χ0v) is 13.7. The summed E-state index contributed by atoms with van der Waals surface area (Å²) in [6.45, 7) is 0.919. The molecule has 0 radical (unpaired) electrons. The molecular weight excluding hydrogens is 323 g/mol. The number of halogens is 3. The molecule has 1 heterocycles. The highest BCUT2D eigenvalue weighted by atomic mass is 19.4. The molecule has 0 bridgehead atoms. The molecule has 0 atom stereocenters. The monoisotopic (exact) mass is 345 g/mol. The van der Waals surface area contributed by atoms with Gasteiger partial charge in [-0.25, -0.2) is 4.79 Å². The molecule has 0 unspecified atom stereocenters. The molecule has 134 valence electrons. The number of rotatable bonds is 3. The molecule has 8 heteroatoms. The maximum absolute atomic E-state index is 13.3. The first-order valence-electron chi connectivity index (χ1n) is 7.77. The van der Waals surface area contributed by atoms with Crippen LogP contribution in [0.4, 0.5) is 29.3 Å². The van der Waals surface area contributed by atoms with E-state index in [1.54, 1.807) is 19.0 Å². The summed E-state index contributed by atoms with van der Waals surface area (Å²) in [6, 6.07) is 3.28. The molecule has 0 aliphatic carbocycles. The van der Waals surface area contributed by atoms with Crippen molar-refractivity contribution in [3.63, 3.8) is 0 Å². The van der Waals surface area contributed by atoms with E-state index in [1.807, 2.05) is 0 Å². The van der Waals surface area contributed by atoms with E-state index in [1.165, 1.54) is 17.0 Å². The van der Waals surface area contributed by atoms with Gasteiger partial charge in [0.25, 0.3) is 0 Å². The van der Waals surface area contributed by atoms with Gasteiger partial charge >= 0.3 is 12.2 Å². The minimum Gasteiger partial charge on any atom is -0.396 e. The van der Waals surface area contributed by atoms with Crippen LogP contribution in [0.3, 0.4) is 0 Å². The number of carbonyl (C=O) groups is 1. The number of aliphatic hydroxyl groups is 1. The number of aliphatic hydroxyl groups excluding tert-OH is 1. The molecule has 2 N–H and O–H groups in total. The van der Waals surface area contributed by atoms with Crippen LogP contribution in [0.25, 0.3) is 0 Å². The molecule has 1 aliphatic rings. The van der Waals surface area contributed by atoms with Crippen LogP contribution >= 0.6 is 0 Å². The summed E-state index contributed by atoms with van der Waals surface area (Å²) in [5, 5.41) is 11.5. The SMILES string of the molecule is CN(C)c1ccc(NC(=O)N2CCC(CO)CC2)c(C(F)(F)F)c1. The van der Waals surface area contributed by atoms with E-state index in [0.717, 1.165) is 6.07 Å². The summed E-state index contributed by atoms with van der Waals surface area (Å²) in [5.74, 6) is 0.152. The number of carbonyl (C=O) groups excluding carboxylic acids is 1. The van der Waals surface area contributed by atoms with Gasteiger partial charge in [0.15, 0.2) is 0 Å². The molecule has 2 rings (SSSR count). The highest BCUT2D eigenvalue weighted by molar-refractivity contribution is 5.90. The van der Waals surface area contributed by atoms with E-state index in [9.17, 15) is 18.0 Å². The lowest BCUT2D eigenvalue weighted by atomic mass is 9.98. The predicted octanol–water partition coefficient (Wildman–Crippen LogP) is 3.01. The summed E-state index contributed by atoms with van der Waals surface area (Å²) in [6.07, 6.45) is -3.26. The molecule has 2 amide bonds. The molecule has 0 saturated carbocycles. The second-order valence-electron chi connectivity index (χ2n) is 6.17. The van der Waals surface area contributed by atoms with Gasteiger partial charge in [-0.05, 0) is 37.0 Å². The first-order valence-corrected chi connectivity index (χ1v) is 7.77. The average molecular weight is 345 g/mol. The highest BCUT2D eigenvalue weighted by Gasteiger charge is 2.35. The zero-order chi connectivity index (χ0) is 17.9. The average Bonchev–Trinajstić information content (AvgIpc) is 2.54. The number of nitrogens with zero attached hydrogens (tertiary/aromatic N) is 2. The molecule has 1 fully saturated rings. The zero-order valence-electron chi connectivity index (χ0n) is 13.7. The van der Waals surface area contributed by atoms with E-state index in [0.29, 0.717) is 31.6 Å². The first kappa shape index (κ1) is 18.4. The van der Waals surface area contributed by atoms with E-state index in [4.69, 9.17) is 5.11 Å². The molecule has 0 spiro atoms. The fourth-order valence-electron chi connectivity index (χ4n) is 2.67. The van der Waals surface area contributed by atoms with E-state index < -0.39 is 17.8 Å². The van der Waals surface area contributed by atoms with Crippen LogP contribution in [-0.4, -0.2) is 49.8 Å². The van der Waals surface area contributed by atoms with Crippen LogP contribution in [0.1, 0.15) is 18.4 Å². The molecule has 1 aliphatic heterocycles. The third-order valence-electron chi connectivity index (χ3n) is 4.23. The quantitative estimate of drug-likeness (QED) is 0.885. The second kappa shape index (κ2) is 7.29. The number of nitrogens with one attached hydrogen (secondary N) is 1. The number of alkyl halides is 3. The van der Waals surface area contributed by atoms with Gasteiger partial charge < -0.3 is 20.2 Å². The number of urea groups is 1. The molecule has 1 saturated heterocycles. The second-order valence-corrected chi connectivity index (χ2v) is 6.17. The van der Waals surface area contributed by atoms with Crippen molar-refractivity contribution in [2.45, 2.75) is 19.0 Å². The number of anilines is 2. The van der Waals surface area contributed by atoms with Crippen molar-refractivity contribution in [2.24, 2.45) is 5.92 Å². The summed E-state index contributed by atoms with van der Waals surface area (Å²) in [5.41, 5.74) is -0.709. The minimum atomic E-state index is -4.56. The van der Waals surface area contributed by atoms with E-state index in [2.05, 4.69) is 5.32 Å². The third-order valence-corrected chi connectivity index (χ3v) is 4.23.